The van der Waals surface area contributed by atoms with E-state index in [2.05, 4.69) is 14.9 Å². The molecule has 0 bridgehead atoms. The number of aromatic nitrogens is 2. The number of hydrogen-bond donors (Lipinski definition) is 1. The highest BCUT2D eigenvalue weighted by Crippen LogP contribution is 2.25. The molecule has 0 unspecified atom stereocenters. The van der Waals surface area contributed by atoms with Crippen LogP contribution in [0.4, 0.5) is 0 Å². The zero-order valence-electron chi connectivity index (χ0n) is 15.3. The van der Waals surface area contributed by atoms with Gasteiger partial charge in [0.1, 0.15) is 11.2 Å². The second kappa shape index (κ2) is 7.79. The van der Waals surface area contributed by atoms with E-state index in [4.69, 9.17) is 16.4 Å². The van der Waals surface area contributed by atoms with Gasteiger partial charge in [-0.25, -0.2) is 18.4 Å². The zero-order valence-corrected chi connectivity index (χ0v) is 16.9. The second-order valence-corrected chi connectivity index (χ2v) is 8.36. The molecule has 4 aromatic rings. The Labute approximate surface area is 173 Å². The Morgan fingerprint density at radius 3 is 2.41 bits per heavy atom. The van der Waals surface area contributed by atoms with Crippen molar-refractivity contribution in [2.75, 3.05) is 0 Å². The predicted octanol–water partition coefficient (Wildman–Crippen LogP) is 4.53. The number of fused-ring (bicyclic) bond motifs is 1. The number of rotatable bonds is 5. The van der Waals surface area contributed by atoms with Crippen LogP contribution >= 0.6 is 11.6 Å². The highest BCUT2D eigenvalue weighted by atomic mass is 35.5. The minimum atomic E-state index is -3.93. The van der Waals surface area contributed by atoms with Crippen molar-refractivity contribution in [2.45, 2.75) is 11.8 Å². The molecule has 1 aromatic heterocycles. The Kier molecular flexibility index (Phi) is 5.19. The first-order chi connectivity index (χ1) is 13.9. The van der Waals surface area contributed by atoms with Crippen molar-refractivity contribution in [3.05, 3.63) is 83.5 Å². The van der Waals surface area contributed by atoms with E-state index in [9.17, 15) is 8.42 Å². The van der Waals surface area contributed by atoms with E-state index < -0.39 is 10.0 Å². The number of hydrogen-bond acceptors (Lipinski definition) is 5. The van der Waals surface area contributed by atoms with Crippen LogP contribution < -0.4 is 9.72 Å². The molecule has 6 nitrogen and oxygen atoms in total. The van der Waals surface area contributed by atoms with Crippen molar-refractivity contribution >= 4 is 32.7 Å². The molecule has 0 aliphatic heterocycles. The van der Waals surface area contributed by atoms with Crippen LogP contribution in [-0.4, -0.2) is 18.4 Å². The molecule has 0 aliphatic carbocycles. The van der Waals surface area contributed by atoms with E-state index in [0.29, 0.717) is 21.7 Å². The van der Waals surface area contributed by atoms with Crippen LogP contribution in [-0.2, 0) is 10.0 Å². The van der Waals surface area contributed by atoms with Crippen molar-refractivity contribution < 1.29 is 13.3 Å². The van der Waals surface area contributed by atoms with Gasteiger partial charge >= 0.3 is 0 Å². The lowest BCUT2D eigenvalue weighted by molar-refractivity contribution is 0.256. The van der Waals surface area contributed by atoms with Gasteiger partial charge in [-0.2, -0.15) is 0 Å². The van der Waals surface area contributed by atoms with Crippen LogP contribution in [0, 0.1) is 6.92 Å². The molecule has 0 atom stereocenters. The predicted molar refractivity (Wildman–Crippen MR) is 112 cm³/mol. The third-order valence-electron chi connectivity index (χ3n) is 4.28. The molecule has 146 valence electrons. The first kappa shape index (κ1) is 19.3. The van der Waals surface area contributed by atoms with Crippen LogP contribution in [0.15, 0.2) is 77.7 Å². The topological polar surface area (TPSA) is 81.2 Å². The van der Waals surface area contributed by atoms with Gasteiger partial charge < -0.3 is 4.84 Å². The molecule has 1 N–H and O–H groups in total. The normalized spacial score (nSPS) is 11.5. The summed E-state index contributed by atoms with van der Waals surface area (Å²) in [6.45, 7) is 1.66. The van der Waals surface area contributed by atoms with Crippen LogP contribution in [0.2, 0.25) is 5.02 Å². The first-order valence-electron chi connectivity index (χ1n) is 8.71. The molecule has 0 spiro atoms. The average Bonchev–Trinajstić information content (AvgIpc) is 2.74. The molecule has 0 saturated carbocycles. The molecule has 4 rings (SSSR count). The summed E-state index contributed by atoms with van der Waals surface area (Å²) in [5.74, 6) is 0.0579. The molecule has 0 saturated heterocycles. The van der Waals surface area contributed by atoms with Gasteiger partial charge in [0.15, 0.2) is 0 Å². The minimum absolute atomic E-state index is 0.0579. The van der Waals surface area contributed by atoms with Crippen LogP contribution in [0.25, 0.3) is 22.2 Å². The third-order valence-corrected chi connectivity index (χ3v) is 5.76. The molecule has 0 radical (unpaired) electrons. The smallest absolute Gasteiger partial charge is 0.271 e. The van der Waals surface area contributed by atoms with Gasteiger partial charge in [-0.05, 0) is 47.2 Å². The number of halogens is 1. The van der Waals surface area contributed by atoms with Gasteiger partial charge in [-0.1, -0.05) is 60.1 Å². The number of para-hydroxylation sites is 1. The quantitative estimate of drug-likeness (QED) is 0.475. The average molecular weight is 426 g/mol. The number of nitrogens with zero attached hydrogens (tertiary/aromatic N) is 2. The first-order valence-corrected chi connectivity index (χ1v) is 10.6. The Hall–Kier alpha value is -3.00. The maximum absolute atomic E-state index is 12.7. The Bertz CT molecular complexity index is 1300. The summed E-state index contributed by atoms with van der Waals surface area (Å²) in [4.78, 5) is 16.1. The van der Waals surface area contributed by atoms with Gasteiger partial charge in [-0.3, -0.25) is 0 Å². The summed E-state index contributed by atoms with van der Waals surface area (Å²) in [5, 5.41) is 0.461. The maximum Gasteiger partial charge on any atom is 0.271 e. The fourth-order valence-electron chi connectivity index (χ4n) is 2.82. The second-order valence-electron chi connectivity index (χ2n) is 6.30. The lowest BCUT2D eigenvalue weighted by Crippen LogP contribution is -2.28. The largest absolute Gasteiger partial charge is 0.371 e. The SMILES string of the molecule is Cc1nc2c(Cl)cccc2nc1ONS(=O)(=O)c1cccc(-c2ccccc2)c1. The molecule has 3 aromatic carbocycles. The summed E-state index contributed by atoms with van der Waals surface area (Å²) in [7, 11) is -3.93. The van der Waals surface area contributed by atoms with Crippen LogP contribution in [0.1, 0.15) is 5.69 Å². The standard InChI is InChI=1S/C21H16ClN3O3S/c1-14-21(24-19-12-6-11-18(22)20(19)23-14)28-25-29(26,27)17-10-5-9-16(13-17)15-7-3-2-4-8-15/h2-13,25H,1H3. The van der Waals surface area contributed by atoms with E-state index >= 15 is 0 Å². The zero-order chi connectivity index (χ0) is 20.4. The van der Waals surface area contributed by atoms with Gasteiger partial charge in [0.25, 0.3) is 15.9 Å². The lowest BCUT2D eigenvalue weighted by Gasteiger charge is -2.11. The molecule has 1 heterocycles. The number of sulfonamides is 1. The highest BCUT2D eigenvalue weighted by molar-refractivity contribution is 7.89. The van der Waals surface area contributed by atoms with Crippen molar-refractivity contribution in [2.24, 2.45) is 0 Å². The van der Waals surface area contributed by atoms with Gasteiger partial charge in [0, 0.05) is 0 Å². The van der Waals surface area contributed by atoms with Crippen molar-refractivity contribution in [3.8, 4) is 17.0 Å². The van der Waals surface area contributed by atoms with Gasteiger partial charge in [-0.15, -0.1) is 0 Å². The number of aryl methyl sites for hydroxylation is 1. The lowest BCUT2D eigenvalue weighted by atomic mass is 10.1. The van der Waals surface area contributed by atoms with E-state index in [1.807, 2.05) is 36.4 Å². The van der Waals surface area contributed by atoms with Crippen molar-refractivity contribution in [1.82, 2.24) is 14.9 Å². The molecule has 8 heteroatoms. The monoisotopic (exact) mass is 425 g/mol. The van der Waals surface area contributed by atoms with Crippen LogP contribution in [0.5, 0.6) is 5.88 Å². The third kappa shape index (κ3) is 4.07. The van der Waals surface area contributed by atoms with Crippen LogP contribution in [0.3, 0.4) is 0 Å². The summed E-state index contributed by atoms with van der Waals surface area (Å²) in [6, 6.07) is 21.3. The molecule has 29 heavy (non-hydrogen) atoms. The molecule has 0 aliphatic rings. The summed E-state index contributed by atoms with van der Waals surface area (Å²) in [5.41, 5.74) is 3.13. The minimum Gasteiger partial charge on any atom is -0.371 e. The highest BCUT2D eigenvalue weighted by Gasteiger charge is 2.18. The van der Waals surface area contributed by atoms with E-state index in [1.54, 1.807) is 37.3 Å². The van der Waals surface area contributed by atoms with Crippen molar-refractivity contribution in [3.63, 3.8) is 0 Å². The van der Waals surface area contributed by atoms with Gasteiger partial charge in [0.2, 0.25) is 0 Å². The molecule has 0 fully saturated rings. The summed E-state index contributed by atoms with van der Waals surface area (Å²) >= 11 is 6.12. The van der Waals surface area contributed by atoms with E-state index in [1.165, 1.54) is 6.07 Å². The summed E-state index contributed by atoms with van der Waals surface area (Å²) in [6.07, 6.45) is 0. The Morgan fingerprint density at radius 2 is 1.62 bits per heavy atom. The van der Waals surface area contributed by atoms with E-state index in [-0.39, 0.29) is 10.8 Å². The van der Waals surface area contributed by atoms with Crippen molar-refractivity contribution in [1.29, 1.82) is 0 Å². The van der Waals surface area contributed by atoms with Gasteiger partial charge in [0.05, 0.1) is 15.4 Å². The number of benzene rings is 3. The Morgan fingerprint density at radius 1 is 0.897 bits per heavy atom. The fraction of sp³-hybridized carbons (Fsp3) is 0.0476. The molecular weight excluding hydrogens is 410 g/mol. The molecular formula is C21H16ClN3O3S. The fourth-order valence-corrected chi connectivity index (χ4v) is 3.86. The maximum atomic E-state index is 12.7. The summed E-state index contributed by atoms with van der Waals surface area (Å²) < 4.78 is 25.4. The number of nitrogens with one attached hydrogen (secondary N) is 1. The Balaban J connectivity index is 1.60. The molecule has 0 amide bonds. The van der Waals surface area contributed by atoms with E-state index in [0.717, 1.165) is 11.1 Å².